The normalized spacial score (nSPS) is 10.3. The van der Waals surface area contributed by atoms with Crippen LogP contribution < -0.4 is 20.5 Å². The van der Waals surface area contributed by atoms with E-state index >= 15 is 0 Å². The second kappa shape index (κ2) is 8.35. The molecule has 0 radical (unpaired) electrons. The third kappa shape index (κ3) is 4.73. The van der Waals surface area contributed by atoms with Gasteiger partial charge in [0, 0.05) is 16.6 Å². The molecular formula is C19H19N3O3S. The fraction of sp³-hybridized carbons (Fsp3) is 0.158. The predicted octanol–water partition coefficient (Wildman–Crippen LogP) is 3.81. The highest BCUT2D eigenvalue weighted by Crippen LogP contribution is 2.25. The number of benzene rings is 2. The number of nitrogens with one attached hydrogen (secondary N) is 1. The monoisotopic (exact) mass is 369 g/mol. The summed E-state index contributed by atoms with van der Waals surface area (Å²) in [6.45, 7) is 2.44. The standard InChI is InChI=1S/C19H19N3O3S/c1-2-24-15-7-9-16(10-8-15)25-11-18(23)22-19-21-17(12-26-19)13-3-5-14(20)6-4-13/h3-10,12H,2,11,20H2,1H3,(H,21,22,23). The Hall–Kier alpha value is -3.06. The third-order valence-electron chi connectivity index (χ3n) is 3.46. The number of thiazole rings is 1. The fourth-order valence-electron chi connectivity index (χ4n) is 2.22. The molecular weight excluding hydrogens is 350 g/mol. The lowest BCUT2D eigenvalue weighted by Crippen LogP contribution is -2.20. The second-order valence-electron chi connectivity index (χ2n) is 5.40. The smallest absolute Gasteiger partial charge is 0.264 e. The van der Waals surface area contributed by atoms with Crippen LogP contribution in [0.1, 0.15) is 6.92 Å². The zero-order valence-corrected chi connectivity index (χ0v) is 15.1. The van der Waals surface area contributed by atoms with Crippen LogP contribution in [-0.2, 0) is 4.79 Å². The second-order valence-corrected chi connectivity index (χ2v) is 6.26. The summed E-state index contributed by atoms with van der Waals surface area (Å²) in [6.07, 6.45) is 0. The number of carbonyl (C=O) groups excluding carboxylic acids is 1. The Morgan fingerprint density at radius 1 is 1.08 bits per heavy atom. The summed E-state index contributed by atoms with van der Waals surface area (Å²) in [7, 11) is 0. The summed E-state index contributed by atoms with van der Waals surface area (Å²) in [5.74, 6) is 1.10. The lowest BCUT2D eigenvalue weighted by atomic mass is 10.1. The maximum absolute atomic E-state index is 12.0. The molecule has 3 rings (SSSR count). The average Bonchev–Trinajstić information content (AvgIpc) is 3.10. The summed E-state index contributed by atoms with van der Waals surface area (Å²) < 4.78 is 10.8. The van der Waals surface area contributed by atoms with Gasteiger partial charge in [0.2, 0.25) is 0 Å². The summed E-state index contributed by atoms with van der Waals surface area (Å²) in [4.78, 5) is 16.4. The molecule has 2 aromatic carbocycles. The summed E-state index contributed by atoms with van der Waals surface area (Å²) >= 11 is 1.36. The van der Waals surface area contributed by atoms with Crippen LogP contribution in [0, 0.1) is 0 Å². The molecule has 0 bridgehead atoms. The summed E-state index contributed by atoms with van der Waals surface area (Å²) in [6, 6.07) is 14.6. The first-order chi connectivity index (χ1) is 12.6. The average molecular weight is 369 g/mol. The fourth-order valence-corrected chi connectivity index (χ4v) is 2.96. The SMILES string of the molecule is CCOc1ccc(OCC(=O)Nc2nc(-c3ccc(N)cc3)cs2)cc1. The number of nitrogen functional groups attached to an aromatic ring is 1. The molecule has 7 heteroatoms. The molecule has 6 nitrogen and oxygen atoms in total. The molecule has 0 spiro atoms. The highest BCUT2D eigenvalue weighted by Gasteiger charge is 2.09. The van der Waals surface area contributed by atoms with Crippen LogP contribution in [0.2, 0.25) is 0 Å². The molecule has 0 aliphatic rings. The molecule has 3 N–H and O–H groups in total. The Labute approximate surface area is 155 Å². The zero-order chi connectivity index (χ0) is 18.4. The van der Waals surface area contributed by atoms with Crippen LogP contribution in [0.25, 0.3) is 11.3 Å². The molecule has 0 atom stereocenters. The number of aromatic nitrogens is 1. The van der Waals surface area contributed by atoms with Gasteiger partial charge in [-0.1, -0.05) is 12.1 Å². The maximum atomic E-state index is 12.0. The lowest BCUT2D eigenvalue weighted by molar-refractivity contribution is -0.118. The van der Waals surface area contributed by atoms with Gasteiger partial charge in [-0.25, -0.2) is 4.98 Å². The first kappa shape index (κ1) is 17.8. The van der Waals surface area contributed by atoms with E-state index in [0.717, 1.165) is 17.0 Å². The minimum atomic E-state index is -0.267. The molecule has 1 aromatic heterocycles. The molecule has 0 saturated carbocycles. The van der Waals surface area contributed by atoms with Gasteiger partial charge in [-0.05, 0) is 43.3 Å². The van der Waals surface area contributed by atoms with Crippen LogP contribution >= 0.6 is 11.3 Å². The predicted molar refractivity (Wildman–Crippen MR) is 104 cm³/mol. The van der Waals surface area contributed by atoms with Gasteiger partial charge in [0.05, 0.1) is 12.3 Å². The van der Waals surface area contributed by atoms with Gasteiger partial charge in [0.15, 0.2) is 11.7 Å². The van der Waals surface area contributed by atoms with Crippen molar-refractivity contribution in [2.24, 2.45) is 0 Å². The number of rotatable bonds is 7. The number of carbonyl (C=O) groups is 1. The molecule has 0 aliphatic carbocycles. The highest BCUT2D eigenvalue weighted by molar-refractivity contribution is 7.14. The van der Waals surface area contributed by atoms with E-state index < -0.39 is 0 Å². The molecule has 0 fully saturated rings. The topological polar surface area (TPSA) is 86.5 Å². The van der Waals surface area contributed by atoms with Crippen molar-refractivity contribution in [3.05, 3.63) is 53.9 Å². The van der Waals surface area contributed by atoms with Gasteiger partial charge in [-0.3, -0.25) is 10.1 Å². The Balaban J connectivity index is 1.52. The first-order valence-corrected chi connectivity index (χ1v) is 8.99. The number of hydrogen-bond donors (Lipinski definition) is 2. The summed E-state index contributed by atoms with van der Waals surface area (Å²) in [5.41, 5.74) is 8.12. The Morgan fingerprint density at radius 3 is 2.38 bits per heavy atom. The minimum Gasteiger partial charge on any atom is -0.494 e. The molecule has 0 unspecified atom stereocenters. The van der Waals surface area contributed by atoms with Gasteiger partial charge in [0.1, 0.15) is 11.5 Å². The van der Waals surface area contributed by atoms with E-state index in [4.69, 9.17) is 15.2 Å². The van der Waals surface area contributed by atoms with E-state index in [1.165, 1.54) is 11.3 Å². The number of hydrogen-bond acceptors (Lipinski definition) is 6. The van der Waals surface area contributed by atoms with Crippen molar-refractivity contribution in [2.75, 3.05) is 24.3 Å². The third-order valence-corrected chi connectivity index (χ3v) is 4.22. The number of nitrogens with two attached hydrogens (primary N) is 1. The summed E-state index contributed by atoms with van der Waals surface area (Å²) in [5, 5.41) is 5.15. The molecule has 134 valence electrons. The number of ether oxygens (including phenoxy) is 2. The van der Waals surface area contributed by atoms with Crippen molar-refractivity contribution in [2.45, 2.75) is 6.92 Å². The van der Waals surface area contributed by atoms with E-state index in [1.54, 1.807) is 24.3 Å². The van der Waals surface area contributed by atoms with Gasteiger partial charge in [-0.15, -0.1) is 11.3 Å². The van der Waals surface area contributed by atoms with Crippen molar-refractivity contribution >= 4 is 28.1 Å². The van der Waals surface area contributed by atoms with Crippen LogP contribution in [0.3, 0.4) is 0 Å². The number of anilines is 2. The highest BCUT2D eigenvalue weighted by atomic mass is 32.1. The number of nitrogens with zero attached hydrogens (tertiary/aromatic N) is 1. The zero-order valence-electron chi connectivity index (χ0n) is 14.3. The first-order valence-electron chi connectivity index (χ1n) is 8.11. The molecule has 26 heavy (non-hydrogen) atoms. The van der Waals surface area contributed by atoms with Gasteiger partial charge in [-0.2, -0.15) is 0 Å². The molecule has 1 amide bonds. The molecule has 3 aromatic rings. The van der Waals surface area contributed by atoms with Gasteiger partial charge in [0.25, 0.3) is 5.91 Å². The van der Waals surface area contributed by atoms with Crippen LogP contribution in [-0.4, -0.2) is 24.1 Å². The van der Waals surface area contributed by atoms with Crippen LogP contribution in [0.15, 0.2) is 53.9 Å². The van der Waals surface area contributed by atoms with E-state index in [1.807, 2.05) is 36.6 Å². The quantitative estimate of drug-likeness (QED) is 0.619. The van der Waals surface area contributed by atoms with Crippen LogP contribution in [0.4, 0.5) is 10.8 Å². The Kier molecular flexibility index (Phi) is 5.70. The van der Waals surface area contributed by atoms with Crippen LogP contribution in [0.5, 0.6) is 11.5 Å². The minimum absolute atomic E-state index is 0.0925. The van der Waals surface area contributed by atoms with Gasteiger partial charge < -0.3 is 15.2 Å². The van der Waals surface area contributed by atoms with Crippen molar-refractivity contribution in [3.8, 4) is 22.8 Å². The van der Waals surface area contributed by atoms with E-state index in [-0.39, 0.29) is 12.5 Å². The lowest BCUT2D eigenvalue weighted by Gasteiger charge is -2.07. The number of amides is 1. The van der Waals surface area contributed by atoms with Crippen molar-refractivity contribution in [3.63, 3.8) is 0 Å². The van der Waals surface area contributed by atoms with Gasteiger partial charge >= 0.3 is 0 Å². The maximum Gasteiger partial charge on any atom is 0.264 e. The van der Waals surface area contributed by atoms with Crippen molar-refractivity contribution in [1.29, 1.82) is 0 Å². The molecule has 0 aliphatic heterocycles. The Bertz CT molecular complexity index is 860. The Morgan fingerprint density at radius 2 is 1.73 bits per heavy atom. The van der Waals surface area contributed by atoms with Crippen molar-refractivity contribution < 1.29 is 14.3 Å². The molecule has 0 saturated heterocycles. The van der Waals surface area contributed by atoms with E-state index in [0.29, 0.717) is 23.2 Å². The van der Waals surface area contributed by atoms with E-state index in [9.17, 15) is 4.79 Å². The largest absolute Gasteiger partial charge is 0.494 e. The van der Waals surface area contributed by atoms with Crippen molar-refractivity contribution in [1.82, 2.24) is 4.98 Å². The molecule has 1 heterocycles. The van der Waals surface area contributed by atoms with E-state index in [2.05, 4.69) is 10.3 Å².